The molecule has 10 nitrogen and oxygen atoms in total. The van der Waals surface area contributed by atoms with Crippen LogP contribution in [0.4, 0.5) is 65.9 Å². The van der Waals surface area contributed by atoms with E-state index in [1.165, 1.54) is 0 Å². The Morgan fingerprint density at radius 1 is 0.369 bits per heavy atom. The Balaban J connectivity index is 0.00000630. The average Bonchev–Trinajstić information content (AvgIpc) is 4.07. The largest absolute Gasteiger partial charge is 3.00 e. The summed E-state index contributed by atoms with van der Waals surface area (Å²) in [6.07, 6.45) is 0.975. The molecule has 0 spiro atoms. The van der Waals surface area contributed by atoms with Gasteiger partial charge in [-0.3, -0.25) is 0 Å². The van der Waals surface area contributed by atoms with Crippen molar-refractivity contribution in [3.8, 4) is 33.4 Å². The quantitative estimate of drug-likeness (QED) is 0.0536. The van der Waals surface area contributed by atoms with E-state index in [1.807, 2.05) is 0 Å². The molecule has 0 aliphatic carbocycles. The molecule has 0 unspecified atom stereocenters. The van der Waals surface area contributed by atoms with Crippen LogP contribution in [0.25, 0.3) is 78.6 Å². The molecule has 337 valence electrons. The van der Waals surface area contributed by atoms with Gasteiger partial charge in [-0.25, -0.2) is 87.7 Å². The van der Waals surface area contributed by atoms with Crippen LogP contribution in [0.5, 0.6) is 0 Å². The molecule has 3 aromatic carbocycles. The van der Waals surface area contributed by atoms with Gasteiger partial charge in [0.15, 0.2) is 69.8 Å². The maximum Gasteiger partial charge on any atom is 3.00 e. The van der Waals surface area contributed by atoms with Gasteiger partial charge in [-0.05, 0) is 28.8 Å². The minimum Gasteiger partial charge on any atom is -0.744 e. The molecule has 0 saturated heterocycles. The molecule has 0 fully saturated rings. The third-order valence-corrected chi connectivity index (χ3v) is 11.1. The van der Waals surface area contributed by atoms with E-state index in [0.29, 0.717) is 24.3 Å². The number of nitrogens with zero attached hydrogens (tertiary/aromatic N) is 4. The normalized spacial score (nSPS) is 12.4. The van der Waals surface area contributed by atoms with Gasteiger partial charge in [0.1, 0.15) is 20.2 Å². The molecule has 8 bridgehead atoms. The zero-order chi connectivity index (χ0) is 47.0. The Bertz CT molecular complexity index is 3620. The Morgan fingerprint density at radius 3 is 1.05 bits per heavy atom. The first-order valence-corrected chi connectivity index (χ1v) is 19.3. The summed E-state index contributed by atoms with van der Waals surface area (Å²) >= 11 is 0. The third kappa shape index (κ3) is 7.01. The van der Waals surface area contributed by atoms with Gasteiger partial charge in [0, 0.05) is 9.79 Å². The van der Waals surface area contributed by atoms with Crippen molar-refractivity contribution >= 4 is 65.5 Å². The number of benzene rings is 3. The van der Waals surface area contributed by atoms with Gasteiger partial charge >= 0.3 is 17.1 Å². The smallest absolute Gasteiger partial charge is 0.744 e. The van der Waals surface area contributed by atoms with E-state index in [2.05, 4.69) is 19.9 Å². The Labute approximate surface area is 359 Å². The number of fused-ring (bicyclic) bond motifs is 9. The molecular weight excluding hydrogens is 1000 g/mol. The predicted molar refractivity (Wildman–Crippen MR) is 184 cm³/mol. The van der Waals surface area contributed by atoms with Crippen molar-refractivity contribution in [2.75, 3.05) is 0 Å². The first-order chi connectivity index (χ1) is 29.8. The van der Waals surface area contributed by atoms with Gasteiger partial charge < -0.3 is 24.1 Å². The van der Waals surface area contributed by atoms with Gasteiger partial charge in [-0.2, -0.15) is 0 Å². The molecule has 1 radical (unpaired) electrons. The molecule has 8 rings (SSSR count). The van der Waals surface area contributed by atoms with Crippen LogP contribution in [0.1, 0.15) is 11.4 Å². The fourth-order valence-electron chi connectivity index (χ4n) is 6.69. The van der Waals surface area contributed by atoms with Gasteiger partial charge in [-0.15, -0.1) is 33.1 Å². The molecule has 0 N–H and O–H groups in total. The number of hydrogen-bond donors (Lipinski definition) is 0. The number of aromatic nitrogens is 4. The molecule has 0 saturated carbocycles. The summed E-state index contributed by atoms with van der Waals surface area (Å²) in [6, 6.07) is 0.867. The van der Waals surface area contributed by atoms with Crippen LogP contribution in [0.15, 0.2) is 34.1 Å². The summed E-state index contributed by atoms with van der Waals surface area (Å²) in [5, 5.41) is 0. The van der Waals surface area contributed by atoms with E-state index in [9.17, 15) is 65.5 Å². The zero-order valence-electron chi connectivity index (χ0n) is 30.0. The van der Waals surface area contributed by atoms with Crippen molar-refractivity contribution in [3.63, 3.8) is 0 Å². The molecule has 0 atom stereocenters. The zero-order valence-corrected chi connectivity index (χ0v) is 32.8. The van der Waals surface area contributed by atoms with Crippen LogP contribution in [-0.4, -0.2) is 30.9 Å². The van der Waals surface area contributed by atoms with E-state index in [1.54, 1.807) is 0 Å². The van der Waals surface area contributed by atoms with Crippen LogP contribution in [0, 0.1) is 87.3 Å². The molecule has 65 heavy (non-hydrogen) atoms. The van der Waals surface area contributed by atoms with Crippen molar-refractivity contribution in [3.05, 3.63) is 123 Å². The molecule has 1 aliphatic rings. The molecule has 28 heteroatoms. The molecule has 0 amide bonds. The summed E-state index contributed by atoms with van der Waals surface area (Å²) in [7, 11) is -12.4. The minimum atomic E-state index is -6.24. The second-order valence-electron chi connectivity index (χ2n) is 13.0. The summed E-state index contributed by atoms with van der Waals surface area (Å²) in [5.74, 6) is -41.3. The Kier molecular flexibility index (Phi) is 11.3. The van der Waals surface area contributed by atoms with Crippen molar-refractivity contribution in [1.29, 1.82) is 0 Å². The number of rotatable bonds is 5. The van der Waals surface area contributed by atoms with Gasteiger partial charge in [0.25, 0.3) is 0 Å². The van der Waals surface area contributed by atoms with Gasteiger partial charge in [0.2, 0.25) is 17.5 Å². The third-order valence-electron chi connectivity index (χ3n) is 9.43. The summed E-state index contributed by atoms with van der Waals surface area (Å²) in [5.41, 5.74) is -21.9. The van der Waals surface area contributed by atoms with E-state index in [0.717, 1.165) is 0 Å². The number of halogens is 15. The molecule has 1 aliphatic heterocycles. The van der Waals surface area contributed by atoms with Gasteiger partial charge in [-0.1, -0.05) is 24.3 Å². The fraction of sp³-hybridized carbons (Fsp3) is 0. The van der Waals surface area contributed by atoms with E-state index in [4.69, 9.17) is 0 Å². The van der Waals surface area contributed by atoms with Crippen LogP contribution in [0.2, 0.25) is 0 Å². The molecule has 4 aromatic heterocycles. The van der Waals surface area contributed by atoms with Crippen LogP contribution < -0.4 is 15.0 Å². The first-order valence-electron chi connectivity index (χ1n) is 16.5. The maximum absolute atomic E-state index is 15.7. The van der Waals surface area contributed by atoms with E-state index < -0.39 is 195 Å². The predicted octanol–water partition coefficient (Wildman–Crippen LogP) is 8.48. The molecule has 7 aromatic rings. The van der Waals surface area contributed by atoms with Crippen molar-refractivity contribution in [2.24, 2.45) is 0 Å². The Morgan fingerprint density at radius 2 is 0.662 bits per heavy atom. The van der Waals surface area contributed by atoms with Crippen molar-refractivity contribution < 1.29 is 109 Å². The maximum atomic E-state index is 15.7. The second kappa shape index (κ2) is 15.7. The van der Waals surface area contributed by atoms with Crippen molar-refractivity contribution in [1.82, 2.24) is 19.9 Å². The average molecular weight is 1010 g/mol. The van der Waals surface area contributed by atoms with Crippen LogP contribution in [0.3, 0.4) is 0 Å². The number of hydrogen-bond acceptors (Lipinski definition) is 7. The van der Waals surface area contributed by atoms with E-state index >= 15 is 26.3 Å². The van der Waals surface area contributed by atoms with Crippen LogP contribution >= 0.6 is 0 Å². The van der Waals surface area contributed by atoms with Crippen molar-refractivity contribution in [2.45, 2.75) is 9.79 Å². The SMILES string of the molecule is O=S(=O)([O-])c1cc2[n-]c1c(-c1c(F)c(F)c(F)c(F)c1F)c1ccc([n-]1)c(-c1c(F)c(F)c(F)c(F)c1F)c1nc(c(-c3c(F)c(F)c(F)c(F)c3F)c3cc(S(=O)(=O)[O-])c2[n-]3)C=C1.[Fe+3]. The minimum absolute atomic E-state index is 0. The summed E-state index contributed by atoms with van der Waals surface area (Å²) < 4.78 is 302. The Hall–Kier alpha value is -6.32. The van der Waals surface area contributed by atoms with E-state index in [-0.39, 0.29) is 29.2 Å². The first kappa shape index (κ1) is 46.7. The molecular formula is C37H6F15FeN4O6S2-2. The van der Waals surface area contributed by atoms with Gasteiger partial charge in [0.05, 0.1) is 28.1 Å². The molecule has 5 heterocycles. The monoisotopic (exact) mass is 1010 g/mol. The summed E-state index contributed by atoms with van der Waals surface area (Å²) in [4.78, 5) is 11.1. The topological polar surface area (TPSA) is 170 Å². The van der Waals surface area contributed by atoms with Crippen LogP contribution in [-0.2, 0) is 37.3 Å². The summed E-state index contributed by atoms with van der Waals surface area (Å²) in [6.45, 7) is 0. The fourth-order valence-corrected chi connectivity index (χ4v) is 7.97. The standard InChI is InChI=1S/C37H8F15N4O6S2.Fe/c38-21-18(22(39)28(45)33(50)27(21)44)15-7-1-2-9(53-7)16(19-23(40)29(46)34(51)30(47)24(19)41)11-5-13(63(57,58)59)36(55-11)12-6-14(64(60,61)62)37(56-12)17(10-4-3-8(15)54-10)20-25(42)31(48)35(52)32(49)26(20)43;/h1-6H,(H,57,58,59)(H,60,61,62);/q-3;+3/p-2. The second-order valence-corrected chi connectivity index (χ2v) is 15.7.